The number of fused-ring (bicyclic) bond motifs is 1. The van der Waals surface area contributed by atoms with Gasteiger partial charge < -0.3 is 29.1 Å². The van der Waals surface area contributed by atoms with E-state index in [9.17, 15) is 0 Å². The molecule has 2 nitrogen and oxygen atoms in total. The number of hydrogen-bond acceptors (Lipinski definition) is 1. The molecule has 22 heavy (non-hydrogen) atoms. The Kier molecular flexibility index (Phi) is 6.10. The van der Waals surface area contributed by atoms with E-state index in [1.165, 1.54) is 16.3 Å². The van der Waals surface area contributed by atoms with Crippen LogP contribution in [0.3, 0.4) is 0 Å². The van der Waals surface area contributed by atoms with Gasteiger partial charge in [0.2, 0.25) is 0 Å². The highest BCUT2D eigenvalue weighted by atomic mass is 127. The molecule has 0 aliphatic rings. The molecule has 3 aromatic rings. The monoisotopic (exact) mass is 403 g/mol. The molecule has 1 heterocycles. The molecular formula is C19H18INO. The van der Waals surface area contributed by atoms with Gasteiger partial charge in [-0.2, -0.15) is 0 Å². The molecule has 2 aromatic carbocycles. The minimum atomic E-state index is 0. The second kappa shape index (κ2) is 8.06. The van der Waals surface area contributed by atoms with E-state index in [1.54, 1.807) is 0 Å². The van der Waals surface area contributed by atoms with Crippen LogP contribution in [0.4, 0.5) is 0 Å². The van der Waals surface area contributed by atoms with Gasteiger partial charge in [-0.15, -0.1) is 0 Å². The molecule has 0 bridgehead atoms. The van der Waals surface area contributed by atoms with Crippen LogP contribution >= 0.6 is 0 Å². The molecule has 3 heteroatoms. The molecule has 0 aliphatic carbocycles. The van der Waals surface area contributed by atoms with Gasteiger partial charge in [0.25, 0.3) is 0 Å². The van der Waals surface area contributed by atoms with Crippen LogP contribution < -0.4 is 28.5 Å². The van der Waals surface area contributed by atoms with E-state index < -0.39 is 0 Å². The Labute approximate surface area is 147 Å². The highest BCUT2D eigenvalue weighted by molar-refractivity contribution is 5.92. The van der Waals surface area contributed by atoms with E-state index >= 15 is 0 Å². The summed E-state index contributed by atoms with van der Waals surface area (Å²) in [7, 11) is 0. The lowest BCUT2D eigenvalue weighted by Gasteiger charge is -2.01. The Hall–Kier alpha value is -1.72. The predicted molar refractivity (Wildman–Crippen MR) is 86.6 cm³/mol. The van der Waals surface area contributed by atoms with Gasteiger partial charge in [0.15, 0.2) is 18.9 Å². The quantitative estimate of drug-likeness (QED) is 0.492. The Bertz CT molecular complexity index is 760. The third-order valence-corrected chi connectivity index (χ3v) is 3.55. The van der Waals surface area contributed by atoms with E-state index in [0.29, 0.717) is 6.54 Å². The van der Waals surface area contributed by atoms with Crippen LogP contribution in [0.5, 0.6) is 0 Å². The summed E-state index contributed by atoms with van der Waals surface area (Å²) >= 11 is 0. The van der Waals surface area contributed by atoms with Gasteiger partial charge in [-0.3, -0.25) is 0 Å². The van der Waals surface area contributed by atoms with E-state index in [2.05, 4.69) is 66.7 Å². The topological polar surface area (TPSA) is 24.1 Å². The van der Waals surface area contributed by atoms with Crippen LogP contribution in [0.15, 0.2) is 67.0 Å². The second-order valence-corrected chi connectivity index (χ2v) is 4.99. The molecule has 0 aliphatic heterocycles. The Balaban J connectivity index is 0.00000176. The largest absolute Gasteiger partial charge is 1.00 e. The normalized spacial score (nSPS) is 10.8. The number of nitrogens with zero attached hydrogens (tertiary/aromatic N) is 1. The number of aromatic nitrogens is 1. The average molecular weight is 403 g/mol. The summed E-state index contributed by atoms with van der Waals surface area (Å²) in [5.74, 6) is 0. The van der Waals surface area contributed by atoms with E-state index in [1.807, 2.05) is 17.0 Å². The molecule has 0 radical (unpaired) electrons. The van der Waals surface area contributed by atoms with Crippen molar-refractivity contribution in [2.75, 3.05) is 6.61 Å². The van der Waals surface area contributed by atoms with Crippen molar-refractivity contribution < 1.29 is 33.7 Å². The highest BCUT2D eigenvalue weighted by Crippen LogP contribution is 2.20. The van der Waals surface area contributed by atoms with Crippen molar-refractivity contribution in [1.82, 2.24) is 0 Å². The molecule has 0 fully saturated rings. The Morgan fingerprint density at radius 3 is 2.36 bits per heavy atom. The van der Waals surface area contributed by atoms with Gasteiger partial charge >= 0.3 is 0 Å². The fourth-order valence-corrected chi connectivity index (χ4v) is 2.43. The first-order chi connectivity index (χ1) is 10.4. The van der Waals surface area contributed by atoms with Crippen molar-refractivity contribution >= 4 is 22.9 Å². The Morgan fingerprint density at radius 2 is 1.59 bits per heavy atom. The van der Waals surface area contributed by atoms with Gasteiger partial charge in [-0.05, 0) is 21.9 Å². The van der Waals surface area contributed by atoms with Crippen LogP contribution in [-0.2, 0) is 6.54 Å². The fraction of sp³-hybridized carbons (Fsp3) is 0.105. The molecule has 0 unspecified atom stereocenters. The fourth-order valence-electron chi connectivity index (χ4n) is 2.43. The number of aliphatic hydroxyl groups is 1. The summed E-state index contributed by atoms with van der Waals surface area (Å²) in [6.07, 6.45) is 8.23. The minimum absolute atomic E-state index is 0. The summed E-state index contributed by atoms with van der Waals surface area (Å²) < 4.78 is 1.97. The van der Waals surface area contributed by atoms with E-state index in [4.69, 9.17) is 5.11 Å². The molecule has 112 valence electrons. The summed E-state index contributed by atoms with van der Waals surface area (Å²) in [5.41, 5.74) is 2.37. The summed E-state index contributed by atoms with van der Waals surface area (Å²) in [6, 6.07) is 18.9. The van der Waals surface area contributed by atoms with Crippen molar-refractivity contribution in [3.8, 4) is 0 Å². The Morgan fingerprint density at radius 1 is 0.864 bits per heavy atom. The first kappa shape index (κ1) is 16.6. The van der Waals surface area contributed by atoms with Crippen molar-refractivity contribution in [1.29, 1.82) is 0 Å². The van der Waals surface area contributed by atoms with Crippen LogP contribution in [0.1, 0.15) is 11.1 Å². The maximum absolute atomic E-state index is 8.91. The van der Waals surface area contributed by atoms with Crippen LogP contribution in [0.2, 0.25) is 0 Å². The third-order valence-electron chi connectivity index (χ3n) is 3.55. The lowest BCUT2D eigenvalue weighted by Crippen LogP contribution is -3.00. The molecular weight excluding hydrogens is 385 g/mol. The number of benzene rings is 2. The van der Waals surface area contributed by atoms with Crippen LogP contribution in [0, 0.1) is 0 Å². The van der Waals surface area contributed by atoms with Gasteiger partial charge in [0.05, 0.1) is 0 Å². The predicted octanol–water partition coefficient (Wildman–Crippen LogP) is 0.294. The zero-order chi connectivity index (χ0) is 14.5. The maximum atomic E-state index is 8.91. The smallest absolute Gasteiger partial charge is 0.171 e. The van der Waals surface area contributed by atoms with Crippen LogP contribution in [0.25, 0.3) is 22.9 Å². The summed E-state index contributed by atoms with van der Waals surface area (Å²) in [4.78, 5) is 0. The van der Waals surface area contributed by atoms with Crippen LogP contribution in [-0.4, -0.2) is 11.7 Å². The summed E-state index contributed by atoms with van der Waals surface area (Å²) in [6.45, 7) is 0.795. The molecule has 3 rings (SSSR count). The third kappa shape index (κ3) is 3.93. The number of pyridine rings is 1. The highest BCUT2D eigenvalue weighted by Gasteiger charge is 1.99. The maximum Gasteiger partial charge on any atom is 0.171 e. The molecule has 0 spiro atoms. The number of aliphatic hydroxyl groups excluding tert-OH is 1. The van der Waals surface area contributed by atoms with E-state index in [-0.39, 0.29) is 30.6 Å². The van der Waals surface area contributed by atoms with Gasteiger partial charge in [-0.25, -0.2) is 4.57 Å². The van der Waals surface area contributed by atoms with E-state index in [0.717, 1.165) is 5.56 Å². The second-order valence-electron chi connectivity index (χ2n) is 4.99. The molecule has 0 atom stereocenters. The average Bonchev–Trinajstić information content (AvgIpc) is 2.54. The lowest BCUT2D eigenvalue weighted by molar-refractivity contribution is -0.698. The molecule has 1 N–H and O–H groups in total. The van der Waals surface area contributed by atoms with Gasteiger partial charge in [0, 0.05) is 12.1 Å². The SMILES string of the molecule is OCC[n+]1ccc(C=Cc2cccc3ccccc23)cc1.[I-]. The zero-order valence-electron chi connectivity index (χ0n) is 12.2. The standard InChI is InChI=1S/C19H18NO.HI/c21-15-14-20-12-10-16(11-13-20)8-9-18-6-3-5-17-4-1-2-7-19(17)18;/h1-13,21H,14-15H2;1H/q+1;/p-1. The zero-order valence-corrected chi connectivity index (χ0v) is 14.3. The van der Waals surface area contributed by atoms with Crippen molar-refractivity contribution in [2.45, 2.75) is 6.54 Å². The van der Waals surface area contributed by atoms with Crippen molar-refractivity contribution in [3.63, 3.8) is 0 Å². The van der Waals surface area contributed by atoms with Gasteiger partial charge in [0.1, 0.15) is 6.61 Å². The first-order valence-electron chi connectivity index (χ1n) is 7.12. The molecule has 1 aromatic heterocycles. The minimum Gasteiger partial charge on any atom is -1.00 e. The lowest BCUT2D eigenvalue weighted by atomic mass is 10.0. The first-order valence-corrected chi connectivity index (χ1v) is 7.12. The summed E-state index contributed by atoms with van der Waals surface area (Å²) in [5, 5.41) is 11.4. The molecule has 0 saturated carbocycles. The van der Waals surface area contributed by atoms with Crippen molar-refractivity contribution in [3.05, 3.63) is 78.1 Å². The van der Waals surface area contributed by atoms with Crippen molar-refractivity contribution in [2.24, 2.45) is 0 Å². The molecule has 0 saturated heterocycles. The number of hydrogen-bond donors (Lipinski definition) is 1. The molecule has 0 amide bonds. The number of halogens is 1. The number of rotatable bonds is 4. The van der Waals surface area contributed by atoms with Gasteiger partial charge in [-0.1, -0.05) is 54.6 Å².